The Balaban J connectivity index is 3.21. The lowest BCUT2D eigenvalue weighted by Gasteiger charge is -2.15. The first-order valence-electron chi connectivity index (χ1n) is 4.22. The molecule has 0 aliphatic carbocycles. The van der Waals surface area contributed by atoms with Crippen LogP contribution in [0.4, 0.5) is 18.9 Å². The van der Waals surface area contributed by atoms with E-state index in [0.29, 0.717) is 0 Å². The topological polar surface area (TPSA) is 94.4 Å². The highest BCUT2D eigenvalue weighted by atomic mass is 19.4. The zero-order valence-electron chi connectivity index (χ0n) is 8.08. The number of nitrogen functional groups attached to an aromatic ring is 1. The highest BCUT2D eigenvalue weighted by Gasteiger charge is 2.33. The fraction of sp³-hybridized carbons (Fsp3) is 0.375. The molecule has 0 spiro atoms. The Hall–Kier alpha value is -1.54. The van der Waals surface area contributed by atoms with Crippen molar-refractivity contribution in [3.8, 4) is 5.75 Å². The Bertz CT molecular complexity index is 382. The molecule has 90 valence electrons. The number of aliphatic hydroxyl groups excluding tert-OH is 1. The molecule has 0 aliphatic rings. The van der Waals surface area contributed by atoms with Gasteiger partial charge < -0.3 is 21.3 Å². The maximum Gasteiger partial charge on any atom is 0.573 e. The van der Waals surface area contributed by atoms with Crippen LogP contribution in [0.25, 0.3) is 0 Å². The molecule has 0 amide bonds. The van der Waals surface area contributed by atoms with Crippen molar-refractivity contribution in [2.75, 3.05) is 5.73 Å². The summed E-state index contributed by atoms with van der Waals surface area (Å²) in [5, 5.41) is 8.82. The van der Waals surface area contributed by atoms with Crippen LogP contribution in [0, 0.1) is 0 Å². The monoisotopic (exact) mass is 237 g/mol. The average molecular weight is 237 g/mol. The largest absolute Gasteiger partial charge is 0.573 e. The minimum absolute atomic E-state index is 0.0523. The Kier molecular flexibility index (Phi) is 3.55. The summed E-state index contributed by atoms with van der Waals surface area (Å²) in [6.45, 7) is -0.779. The lowest BCUT2D eigenvalue weighted by Crippen LogP contribution is -2.21. The van der Waals surface area contributed by atoms with Gasteiger partial charge in [-0.05, 0) is 0 Å². The quantitative estimate of drug-likeness (QED) is 0.712. The van der Waals surface area contributed by atoms with Gasteiger partial charge in [0.05, 0.1) is 18.0 Å². The Morgan fingerprint density at radius 2 is 2.06 bits per heavy atom. The van der Waals surface area contributed by atoms with Gasteiger partial charge in [-0.15, -0.1) is 13.2 Å². The second kappa shape index (κ2) is 4.54. The van der Waals surface area contributed by atoms with Gasteiger partial charge in [-0.3, -0.25) is 4.98 Å². The molecule has 5 N–H and O–H groups in total. The SMILES string of the molecule is NCc1ncc(CO)c(N)c1OC(F)(F)F. The predicted octanol–water partition coefficient (Wildman–Crippen LogP) is 0.513. The minimum atomic E-state index is -4.88. The highest BCUT2D eigenvalue weighted by molar-refractivity contribution is 5.59. The van der Waals surface area contributed by atoms with E-state index >= 15 is 0 Å². The molecular formula is C8H10F3N3O2. The molecule has 8 heteroatoms. The van der Waals surface area contributed by atoms with Crippen molar-refractivity contribution in [1.29, 1.82) is 0 Å². The summed E-state index contributed by atoms with van der Waals surface area (Å²) >= 11 is 0. The molecule has 1 aromatic rings. The fourth-order valence-electron chi connectivity index (χ4n) is 1.09. The lowest BCUT2D eigenvalue weighted by atomic mass is 10.2. The van der Waals surface area contributed by atoms with Crippen molar-refractivity contribution in [2.45, 2.75) is 19.5 Å². The van der Waals surface area contributed by atoms with E-state index in [4.69, 9.17) is 16.6 Å². The first-order chi connectivity index (χ1) is 7.39. The van der Waals surface area contributed by atoms with Crippen molar-refractivity contribution in [3.05, 3.63) is 17.5 Å². The van der Waals surface area contributed by atoms with Crippen LogP contribution in [0.15, 0.2) is 6.20 Å². The molecular weight excluding hydrogens is 227 g/mol. The summed E-state index contributed by atoms with van der Waals surface area (Å²) in [5.74, 6) is -0.651. The number of hydrogen-bond donors (Lipinski definition) is 3. The maximum atomic E-state index is 12.1. The van der Waals surface area contributed by atoms with E-state index in [1.807, 2.05) is 0 Å². The van der Waals surface area contributed by atoms with E-state index in [9.17, 15) is 13.2 Å². The van der Waals surface area contributed by atoms with Crippen LogP contribution >= 0.6 is 0 Å². The molecule has 1 heterocycles. The van der Waals surface area contributed by atoms with Gasteiger partial charge in [0, 0.05) is 18.3 Å². The zero-order valence-corrected chi connectivity index (χ0v) is 8.08. The number of alkyl halides is 3. The van der Waals surface area contributed by atoms with Crippen molar-refractivity contribution >= 4 is 5.69 Å². The summed E-state index contributed by atoms with van der Waals surface area (Å²) in [6, 6.07) is 0. The lowest BCUT2D eigenvalue weighted by molar-refractivity contribution is -0.274. The van der Waals surface area contributed by atoms with Gasteiger partial charge in [0.25, 0.3) is 0 Å². The summed E-state index contributed by atoms with van der Waals surface area (Å²) in [5.41, 5.74) is 10.2. The molecule has 1 aromatic heterocycles. The summed E-state index contributed by atoms with van der Waals surface area (Å²) in [4.78, 5) is 3.62. The van der Waals surface area contributed by atoms with Crippen molar-refractivity contribution < 1.29 is 23.0 Å². The van der Waals surface area contributed by atoms with E-state index in [-0.39, 0.29) is 23.5 Å². The third-order valence-corrected chi connectivity index (χ3v) is 1.81. The van der Waals surface area contributed by atoms with Crippen LogP contribution in [0.1, 0.15) is 11.3 Å². The second-order valence-electron chi connectivity index (χ2n) is 2.88. The molecule has 0 saturated heterocycles. The molecule has 0 aromatic carbocycles. The number of rotatable bonds is 3. The van der Waals surface area contributed by atoms with Gasteiger partial charge in [-0.25, -0.2) is 0 Å². The summed E-state index contributed by atoms with van der Waals surface area (Å²) < 4.78 is 39.9. The van der Waals surface area contributed by atoms with E-state index in [1.54, 1.807) is 0 Å². The first-order valence-corrected chi connectivity index (χ1v) is 4.22. The van der Waals surface area contributed by atoms with Crippen LogP contribution in [0.3, 0.4) is 0 Å². The van der Waals surface area contributed by atoms with Crippen LogP contribution in [-0.2, 0) is 13.2 Å². The van der Waals surface area contributed by atoms with E-state index < -0.39 is 18.7 Å². The Morgan fingerprint density at radius 1 is 1.44 bits per heavy atom. The smallest absolute Gasteiger partial charge is 0.402 e. The van der Waals surface area contributed by atoms with Gasteiger partial charge in [-0.2, -0.15) is 0 Å². The van der Waals surface area contributed by atoms with E-state index in [0.717, 1.165) is 6.20 Å². The first kappa shape index (κ1) is 12.5. The Labute approximate surface area is 88.8 Å². The van der Waals surface area contributed by atoms with Crippen LogP contribution in [-0.4, -0.2) is 16.5 Å². The molecule has 0 fully saturated rings. The Morgan fingerprint density at radius 3 is 2.50 bits per heavy atom. The number of aromatic nitrogens is 1. The average Bonchev–Trinajstić information content (AvgIpc) is 2.19. The summed E-state index contributed by atoms with van der Waals surface area (Å²) in [6.07, 6.45) is -3.73. The predicted molar refractivity (Wildman–Crippen MR) is 49.1 cm³/mol. The van der Waals surface area contributed by atoms with Crippen LogP contribution in [0.5, 0.6) is 5.75 Å². The number of halogens is 3. The fourth-order valence-corrected chi connectivity index (χ4v) is 1.09. The molecule has 0 radical (unpaired) electrons. The molecule has 16 heavy (non-hydrogen) atoms. The zero-order chi connectivity index (χ0) is 12.3. The van der Waals surface area contributed by atoms with Gasteiger partial charge in [0.1, 0.15) is 0 Å². The number of aliphatic hydroxyl groups is 1. The number of nitrogens with zero attached hydrogens (tertiary/aromatic N) is 1. The molecule has 0 saturated carbocycles. The second-order valence-corrected chi connectivity index (χ2v) is 2.88. The summed E-state index contributed by atoms with van der Waals surface area (Å²) in [7, 11) is 0. The normalized spacial score (nSPS) is 11.6. The standard InChI is InChI=1S/C8H10F3N3O2/c9-8(10,11)16-7-5(1-12)14-2-4(3-15)6(7)13/h2,15H,1,3,12H2,(H2,13,14). The van der Waals surface area contributed by atoms with E-state index in [2.05, 4.69) is 9.72 Å². The maximum absolute atomic E-state index is 12.1. The molecule has 1 rings (SSSR count). The number of nitrogens with two attached hydrogens (primary N) is 2. The van der Waals surface area contributed by atoms with Gasteiger partial charge >= 0.3 is 6.36 Å². The van der Waals surface area contributed by atoms with Gasteiger partial charge in [0.2, 0.25) is 0 Å². The number of hydrogen-bond acceptors (Lipinski definition) is 5. The van der Waals surface area contributed by atoms with E-state index in [1.165, 1.54) is 0 Å². The van der Waals surface area contributed by atoms with Crippen molar-refractivity contribution in [1.82, 2.24) is 4.98 Å². The molecule has 0 atom stereocenters. The van der Waals surface area contributed by atoms with Crippen LogP contribution in [0.2, 0.25) is 0 Å². The van der Waals surface area contributed by atoms with Gasteiger partial charge in [-0.1, -0.05) is 0 Å². The number of anilines is 1. The third kappa shape index (κ3) is 2.74. The van der Waals surface area contributed by atoms with Crippen molar-refractivity contribution in [3.63, 3.8) is 0 Å². The molecule has 0 aliphatic heterocycles. The highest BCUT2D eigenvalue weighted by Crippen LogP contribution is 2.32. The molecule has 0 bridgehead atoms. The van der Waals surface area contributed by atoms with Gasteiger partial charge in [0.15, 0.2) is 5.75 Å². The van der Waals surface area contributed by atoms with Crippen LogP contribution < -0.4 is 16.2 Å². The molecule has 5 nitrogen and oxygen atoms in total. The van der Waals surface area contributed by atoms with Crippen molar-refractivity contribution in [2.24, 2.45) is 5.73 Å². The minimum Gasteiger partial charge on any atom is -0.402 e. The number of pyridine rings is 1. The third-order valence-electron chi connectivity index (χ3n) is 1.81. The molecule has 0 unspecified atom stereocenters. The number of ether oxygens (including phenoxy) is 1.